The van der Waals surface area contributed by atoms with E-state index in [-0.39, 0.29) is 30.8 Å². The van der Waals surface area contributed by atoms with Crippen LogP contribution in [0.3, 0.4) is 0 Å². The number of nitrogens with one attached hydrogen (secondary N) is 1. The predicted octanol–water partition coefficient (Wildman–Crippen LogP) is 2.50. The summed E-state index contributed by atoms with van der Waals surface area (Å²) in [7, 11) is 0. The van der Waals surface area contributed by atoms with Gasteiger partial charge in [-0.3, -0.25) is 9.59 Å². The Balaban J connectivity index is 1.51. The maximum atomic E-state index is 13.7. The smallest absolute Gasteiger partial charge is 0.248 e. The molecule has 1 aliphatic carbocycles. The molecule has 1 atom stereocenters. The van der Waals surface area contributed by atoms with Crippen molar-refractivity contribution in [1.82, 2.24) is 5.32 Å². The van der Waals surface area contributed by atoms with Crippen LogP contribution in [0.1, 0.15) is 40.4 Å². The van der Waals surface area contributed by atoms with Crippen LogP contribution in [-0.2, 0) is 11.2 Å². The van der Waals surface area contributed by atoms with E-state index in [0.717, 1.165) is 5.56 Å². The van der Waals surface area contributed by atoms with Crippen LogP contribution in [0.4, 0.5) is 4.39 Å². The molecule has 0 spiro atoms. The molecule has 25 heavy (non-hydrogen) atoms. The Morgan fingerprint density at radius 3 is 2.84 bits per heavy atom. The van der Waals surface area contributed by atoms with Crippen molar-refractivity contribution in [2.45, 2.75) is 25.3 Å². The van der Waals surface area contributed by atoms with Gasteiger partial charge in [-0.1, -0.05) is 18.2 Å². The molecular formula is C19H19FN2O3. The average Bonchev–Trinajstić information content (AvgIpc) is 2.99. The highest BCUT2D eigenvalue weighted by Gasteiger charge is 2.25. The number of primary amides is 1. The van der Waals surface area contributed by atoms with Crippen molar-refractivity contribution in [2.24, 2.45) is 5.73 Å². The number of nitrogens with two attached hydrogens (primary N) is 1. The van der Waals surface area contributed by atoms with Crippen LogP contribution in [0, 0.1) is 5.82 Å². The molecule has 0 saturated heterocycles. The largest absolute Gasteiger partial charge is 0.493 e. The third-order valence-electron chi connectivity index (χ3n) is 4.27. The van der Waals surface area contributed by atoms with Crippen molar-refractivity contribution < 1.29 is 18.7 Å². The standard InChI is InChI=1S/C19H19FN2O3/c20-16-6-2-5-15-14(16)7-8-17(15)22-18(23)9-10-25-13-4-1-3-12(11-13)19(21)24/h1-6,11,17H,7-10H2,(H2,21,24)(H,22,23)/t17-/m0/s1. The average molecular weight is 342 g/mol. The summed E-state index contributed by atoms with van der Waals surface area (Å²) in [5, 5.41) is 2.92. The maximum absolute atomic E-state index is 13.7. The van der Waals surface area contributed by atoms with E-state index in [0.29, 0.717) is 29.7 Å². The van der Waals surface area contributed by atoms with Crippen molar-refractivity contribution in [1.29, 1.82) is 0 Å². The zero-order chi connectivity index (χ0) is 17.8. The Labute approximate surface area is 145 Å². The van der Waals surface area contributed by atoms with E-state index in [2.05, 4.69) is 5.32 Å². The second kappa shape index (κ2) is 7.34. The Morgan fingerprint density at radius 1 is 1.24 bits per heavy atom. The third kappa shape index (κ3) is 3.96. The molecule has 0 aliphatic heterocycles. The molecule has 3 N–H and O–H groups in total. The number of rotatable bonds is 6. The van der Waals surface area contributed by atoms with Crippen molar-refractivity contribution in [3.63, 3.8) is 0 Å². The van der Waals surface area contributed by atoms with Crippen molar-refractivity contribution in [3.8, 4) is 5.75 Å². The first-order valence-electron chi connectivity index (χ1n) is 8.14. The van der Waals surface area contributed by atoms with Crippen LogP contribution in [0.2, 0.25) is 0 Å². The molecule has 0 saturated carbocycles. The van der Waals surface area contributed by atoms with Gasteiger partial charge in [-0.05, 0) is 48.2 Å². The van der Waals surface area contributed by atoms with Gasteiger partial charge in [0, 0.05) is 5.56 Å². The van der Waals surface area contributed by atoms with Gasteiger partial charge in [0.1, 0.15) is 11.6 Å². The first-order valence-corrected chi connectivity index (χ1v) is 8.14. The summed E-state index contributed by atoms with van der Waals surface area (Å²) < 4.78 is 19.2. The topological polar surface area (TPSA) is 81.4 Å². The zero-order valence-corrected chi connectivity index (χ0v) is 13.6. The fraction of sp³-hybridized carbons (Fsp3) is 0.263. The molecule has 130 valence electrons. The molecule has 0 heterocycles. The molecule has 0 fully saturated rings. The fourth-order valence-electron chi connectivity index (χ4n) is 3.03. The fourth-order valence-corrected chi connectivity index (χ4v) is 3.03. The Hall–Kier alpha value is -2.89. The van der Waals surface area contributed by atoms with Gasteiger partial charge in [0.25, 0.3) is 0 Å². The second-order valence-corrected chi connectivity index (χ2v) is 5.96. The summed E-state index contributed by atoms with van der Waals surface area (Å²) in [5.74, 6) is -0.423. The van der Waals surface area contributed by atoms with Gasteiger partial charge in [0.05, 0.1) is 19.1 Å². The minimum atomic E-state index is -0.532. The molecule has 6 heteroatoms. The van der Waals surface area contributed by atoms with Gasteiger partial charge < -0.3 is 15.8 Å². The van der Waals surface area contributed by atoms with E-state index in [1.807, 2.05) is 6.07 Å². The molecule has 5 nitrogen and oxygen atoms in total. The molecule has 1 aliphatic rings. The number of hydrogen-bond acceptors (Lipinski definition) is 3. The van der Waals surface area contributed by atoms with Gasteiger partial charge >= 0.3 is 0 Å². The lowest BCUT2D eigenvalue weighted by Gasteiger charge is -2.14. The molecule has 0 unspecified atom stereocenters. The molecule has 0 bridgehead atoms. The van der Waals surface area contributed by atoms with E-state index in [4.69, 9.17) is 10.5 Å². The Bertz CT molecular complexity index is 807. The van der Waals surface area contributed by atoms with Crippen molar-refractivity contribution in [2.75, 3.05) is 6.61 Å². The lowest BCUT2D eigenvalue weighted by atomic mass is 10.1. The number of fused-ring (bicyclic) bond motifs is 1. The SMILES string of the molecule is NC(=O)c1cccc(OCCC(=O)N[C@H]2CCc3c(F)cccc32)c1. The first kappa shape index (κ1) is 17.0. The lowest BCUT2D eigenvalue weighted by molar-refractivity contribution is -0.122. The van der Waals surface area contributed by atoms with Crippen LogP contribution in [0.15, 0.2) is 42.5 Å². The predicted molar refractivity (Wildman–Crippen MR) is 90.7 cm³/mol. The highest BCUT2D eigenvalue weighted by molar-refractivity contribution is 5.93. The number of hydrogen-bond donors (Lipinski definition) is 2. The summed E-state index contributed by atoms with van der Waals surface area (Å²) in [6, 6.07) is 11.3. The monoisotopic (exact) mass is 342 g/mol. The highest BCUT2D eigenvalue weighted by Crippen LogP contribution is 2.32. The van der Waals surface area contributed by atoms with E-state index >= 15 is 0 Å². The van der Waals surface area contributed by atoms with E-state index < -0.39 is 5.91 Å². The summed E-state index contributed by atoms with van der Waals surface area (Å²) >= 11 is 0. The number of carbonyl (C=O) groups excluding carboxylic acids is 2. The first-order chi connectivity index (χ1) is 12.0. The zero-order valence-electron chi connectivity index (χ0n) is 13.6. The minimum Gasteiger partial charge on any atom is -0.493 e. The van der Waals surface area contributed by atoms with Crippen molar-refractivity contribution in [3.05, 3.63) is 65.0 Å². The molecule has 2 aromatic rings. The van der Waals surface area contributed by atoms with Crippen LogP contribution in [0.5, 0.6) is 5.75 Å². The summed E-state index contributed by atoms with van der Waals surface area (Å²) in [4.78, 5) is 23.2. The van der Waals surface area contributed by atoms with E-state index in [1.54, 1.807) is 24.3 Å². The van der Waals surface area contributed by atoms with Crippen molar-refractivity contribution >= 4 is 11.8 Å². The molecule has 2 amide bonds. The van der Waals surface area contributed by atoms with E-state index in [1.165, 1.54) is 12.1 Å². The summed E-state index contributed by atoms with van der Waals surface area (Å²) in [6.45, 7) is 0.177. The number of ether oxygens (including phenoxy) is 1. The Kier molecular flexibility index (Phi) is 4.97. The number of amides is 2. The highest BCUT2D eigenvalue weighted by atomic mass is 19.1. The maximum Gasteiger partial charge on any atom is 0.248 e. The normalized spacial score (nSPS) is 15.5. The van der Waals surface area contributed by atoms with Crippen LogP contribution in [0.25, 0.3) is 0 Å². The number of halogens is 1. The lowest BCUT2D eigenvalue weighted by Crippen LogP contribution is -2.28. The molecule has 3 rings (SSSR count). The van der Waals surface area contributed by atoms with Crippen LogP contribution < -0.4 is 15.8 Å². The molecular weight excluding hydrogens is 323 g/mol. The van der Waals surface area contributed by atoms with Gasteiger partial charge in [0.15, 0.2) is 0 Å². The summed E-state index contributed by atoms with van der Waals surface area (Å²) in [5.41, 5.74) is 7.11. The molecule has 0 radical (unpaired) electrons. The number of benzene rings is 2. The van der Waals surface area contributed by atoms with Gasteiger partial charge in [0.2, 0.25) is 11.8 Å². The third-order valence-corrected chi connectivity index (χ3v) is 4.27. The second-order valence-electron chi connectivity index (χ2n) is 5.96. The van der Waals surface area contributed by atoms with Gasteiger partial charge in [-0.2, -0.15) is 0 Å². The summed E-state index contributed by atoms with van der Waals surface area (Å²) in [6.07, 6.45) is 1.49. The molecule has 0 aromatic heterocycles. The van der Waals surface area contributed by atoms with Gasteiger partial charge in [-0.15, -0.1) is 0 Å². The van der Waals surface area contributed by atoms with Crippen LogP contribution >= 0.6 is 0 Å². The van der Waals surface area contributed by atoms with Gasteiger partial charge in [-0.25, -0.2) is 4.39 Å². The Morgan fingerprint density at radius 2 is 2.04 bits per heavy atom. The van der Waals surface area contributed by atoms with Crippen LogP contribution in [-0.4, -0.2) is 18.4 Å². The quantitative estimate of drug-likeness (QED) is 0.846. The number of carbonyl (C=O) groups is 2. The molecule has 2 aromatic carbocycles. The van der Waals surface area contributed by atoms with E-state index in [9.17, 15) is 14.0 Å². The minimum absolute atomic E-state index is 0.156.